The average molecular weight is 395 g/mol. The van der Waals surface area contributed by atoms with E-state index in [2.05, 4.69) is 25.3 Å². The van der Waals surface area contributed by atoms with Crippen LogP contribution in [0.15, 0.2) is 34.6 Å². The highest BCUT2D eigenvalue weighted by atomic mass is 32.1. The Morgan fingerprint density at radius 2 is 2.14 bits per heavy atom. The van der Waals surface area contributed by atoms with Crippen LogP contribution in [-0.2, 0) is 6.54 Å². The maximum atomic E-state index is 12.5. The van der Waals surface area contributed by atoms with Gasteiger partial charge in [0.05, 0.1) is 29.7 Å². The van der Waals surface area contributed by atoms with Gasteiger partial charge >= 0.3 is 5.97 Å². The molecule has 6 nitrogen and oxygen atoms in total. The number of rotatable bonds is 4. The van der Waals surface area contributed by atoms with E-state index < -0.39 is 11.4 Å². The van der Waals surface area contributed by atoms with Crippen molar-refractivity contribution < 1.29 is 9.90 Å². The summed E-state index contributed by atoms with van der Waals surface area (Å²) in [5.74, 6) is -0.431. The number of carbonyl (C=O) groups is 1. The standard InChI is InChI=1S/C21H21N3O3S/c1-11(2)15-10-24-20(14-8-16(25)13(21(26)27)9-23(14)15)18(17-4-3-7-28-17)19(22-24)12-5-6-12/h3-4,7-9,11-12,15H,5-6,10H2,1-2H3,(H,26,27). The average Bonchev–Trinajstić information content (AvgIpc) is 3.21. The molecule has 2 aliphatic rings. The van der Waals surface area contributed by atoms with Gasteiger partial charge in [0.15, 0.2) is 5.43 Å². The van der Waals surface area contributed by atoms with E-state index in [0.29, 0.717) is 12.5 Å². The highest BCUT2D eigenvalue weighted by Gasteiger charge is 2.37. The lowest BCUT2D eigenvalue weighted by atomic mass is 9.97. The molecule has 1 unspecified atom stereocenters. The molecule has 4 heterocycles. The molecule has 1 aliphatic carbocycles. The third-order valence-corrected chi connectivity index (χ3v) is 6.64. The summed E-state index contributed by atoms with van der Waals surface area (Å²) in [7, 11) is 0. The molecular formula is C21H21N3O3S. The third kappa shape index (κ3) is 2.57. The summed E-state index contributed by atoms with van der Waals surface area (Å²) >= 11 is 1.67. The molecule has 0 aromatic carbocycles. The summed E-state index contributed by atoms with van der Waals surface area (Å²) in [6, 6.07) is 5.65. The first-order valence-electron chi connectivity index (χ1n) is 9.60. The van der Waals surface area contributed by atoms with E-state index in [0.717, 1.165) is 40.4 Å². The molecule has 5 rings (SSSR count). The molecule has 144 valence electrons. The Balaban J connectivity index is 1.82. The molecule has 1 fully saturated rings. The monoisotopic (exact) mass is 395 g/mol. The van der Waals surface area contributed by atoms with Crippen LogP contribution in [0.5, 0.6) is 0 Å². The lowest BCUT2D eigenvalue weighted by molar-refractivity contribution is 0.0694. The summed E-state index contributed by atoms with van der Waals surface area (Å²) in [6.07, 6.45) is 3.82. The zero-order chi connectivity index (χ0) is 19.6. The van der Waals surface area contributed by atoms with Crippen LogP contribution in [0, 0.1) is 5.92 Å². The zero-order valence-electron chi connectivity index (χ0n) is 15.8. The normalized spacial score (nSPS) is 18.2. The Hall–Kier alpha value is -2.67. The molecule has 3 aromatic heterocycles. The summed E-state index contributed by atoms with van der Waals surface area (Å²) < 4.78 is 4.03. The molecule has 1 aliphatic heterocycles. The molecule has 1 saturated carbocycles. The van der Waals surface area contributed by atoms with Gasteiger partial charge in [-0.05, 0) is 30.2 Å². The van der Waals surface area contributed by atoms with Crippen LogP contribution in [0.1, 0.15) is 54.7 Å². The minimum Gasteiger partial charge on any atom is -0.477 e. The topological polar surface area (TPSA) is 77.1 Å². The predicted molar refractivity (Wildman–Crippen MR) is 108 cm³/mol. The fourth-order valence-corrected chi connectivity index (χ4v) is 4.93. The number of hydrogen-bond donors (Lipinski definition) is 1. The zero-order valence-corrected chi connectivity index (χ0v) is 16.6. The van der Waals surface area contributed by atoms with Gasteiger partial charge in [-0.15, -0.1) is 11.3 Å². The smallest absolute Gasteiger partial charge is 0.341 e. The number of fused-ring (bicyclic) bond motifs is 3. The summed E-state index contributed by atoms with van der Waals surface area (Å²) in [4.78, 5) is 25.3. The quantitative estimate of drug-likeness (QED) is 0.717. The van der Waals surface area contributed by atoms with Gasteiger partial charge in [0.1, 0.15) is 5.56 Å². The lowest BCUT2D eigenvalue weighted by Crippen LogP contribution is -2.31. The minimum absolute atomic E-state index is 0.0457. The van der Waals surface area contributed by atoms with Crippen molar-refractivity contribution in [2.75, 3.05) is 0 Å². The second-order valence-electron chi connectivity index (χ2n) is 8.00. The highest BCUT2D eigenvalue weighted by Crippen LogP contribution is 2.49. The van der Waals surface area contributed by atoms with Crippen molar-refractivity contribution in [2.45, 2.75) is 45.2 Å². The van der Waals surface area contributed by atoms with Gasteiger partial charge in [0.25, 0.3) is 0 Å². The van der Waals surface area contributed by atoms with Crippen molar-refractivity contribution in [1.29, 1.82) is 0 Å². The first-order valence-corrected chi connectivity index (χ1v) is 10.5. The maximum Gasteiger partial charge on any atom is 0.341 e. The Labute approximate surface area is 166 Å². The number of thiophene rings is 1. The number of aromatic carboxylic acids is 1. The largest absolute Gasteiger partial charge is 0.477 e. The van der Waals surface area contributed by atoms with Crippen molar-refractivity contribution in [3.05, 3.63) is 51.3 Å². The van der Waals surface area contributed by atoms with Crippen molar-refractivity contribution in [3.8, 4) is 21.8 Å². The van der Waals surface area contributed by atoms with Gasteiger partial charge in [-0.1, -0.05) is 19.9 Å². The minimum atomic E-state index is -1.18. The summed E-state index contributed by atoms with van der Waals surface area (Å²) in [5.41, 5.74) is 3.29. The molecular weight excluding hydrogens is 374 g/mol. The molecule has 0 saturated heterocycles. The Bertz CT molecular complexity index is 1140. The van der Waals surface area contributed by atoms with Crippen LogP contribution in [0.2, 0.25) is 0 Å². The summed E-state index contributed by atoms with van der Waals surface area (Å²) in [5, 5.41) is 16.5. The fourth-order valence-electron chi connectivity index (χ4n) is 4.15. The second kappa shape index (κ2) is 6.17. The third-order valence-electron chi connectivity index (χ3n) is 5.75. The van der Waals surface area contributed by atoms with E-state index in [1.54, 1.807) is 11.3 Å². The van der Waals surface area contributed by atoms with Crippen molar-refractivity contribution in [2.24, 2.45) is 5.92 Å². The molecule has 0 radical (unpaired) electrons. The van der Waals surface area contributed by atoms with Crippen LogP contribution in [0.4, 0.5) is 0 Å². The van der Waals surface area contributed by atoms with Crippen LogP contribution in [0.25, 0.3) is 21.8 Å². The molecule has 1 atom stereocenters. The van der Waals surface area contributed by atoms with Crippen molar-refractivity contribution in [3.63, 3.8) is 0 Å². The van der Waals surface area contributed by atoms with E-state index in [1.165, 1.54) is 12.3 Å². The van der Waals surface area contributed by atoms with Crippen molar-refractivity contribution >= 4 is 17.3 Å². The molecule has 0 amide bonds. The van der Waals surface area contributed by atoms with Gasteiger partial charge < -0.3 is 9.67 Å². The first kappa shape index (κ1) is 17.4. The van der Waals surface area contributed by atoms with Crippen LogP contribution >= 0.6 is 11.3 Å². The molecule has 0 spiro atoms. The number of aromatic nitrogens is 3. The second-order valence-corrected chi connectivity index (χ2v) is 8.95. The Morgan fingerprint density at radius 1 is 1.36 bits per heavy atom. The van der Waals surface area contributed by atoms with Gasteiger partial charge in [-0.25, -0.2) is 4.79 Å². The number of hydrogen-bond acceptors (Lipinski definition) is 4. The van der Waals surface area contributed by atoms with E-state index in [-0.39, 0.29) is 17.5 Å². The Morgan fingerprint density at radius 3 is 2.75 bits per heavy atom. The van der Waals surface area contributed by atoms with E-state index in [9.17, 15) is 14.7 Å². The number of carboxylic acid groups (broad SMARTS) is 1. The van der Waals surface area contributed by atoms with Gasteiger partial charge in [-0.2, -0.15) is 5.10 Å². The van der Waals surface area contributed by atoms with Crippen LogP contribution in [0.3, 0.4) is 0 Å². The number of pyridine rings is 1. The SMILES string of the molecule is CC(C)C1Cn2nc(C3CC3)c(-c3cccs3)c2-c2cc(=O)c(C(=O)O)cn21. The van der Waals surface area contributed by atoms with Crippen molar-refractivity contribution in [1.82, 2.24) is 14.3 Å². The molecule has 0 bridgehead atoms. The van der Waals surface area contributed by atoms with E-state index in [4.69, 9.17) is 5.10 Å². The van der Waals surface area contributed by atoms with E-state index in [1.807, 2.05) is 15.3 Å². The molecule has 3 aromatic rings. The van der Waals surface area contributed by atoms with Gasteiger partial charge in [-0.3, -0.25) is 9.48 Å². The number of nitrogens with zero attached hydrogens (tertiary/aromatic N) is 3. The molecule has 28 heavy (non-hydrogen) atoms. The van der Waals surface area contributed by atoms with E-state index >= 15 is 0 Å². The van der Waals surface area contributed by atoms with Gasteiger partial charge in [0.2, 0.25) is 0 Å². The fraction of sp³-hybridized carbons (Fsp3) is 0.381. The van der Waals surface area contributed by atoms with Crippen LogP contribution < -0.4 is 5.43 Å². The lowest BCUT2D eigenvalue weighted by Gasteiger charge is -2.32. The number of carboxylic acids is 1. The van der Waals surface area contributed by atoms with Crippen LogP contribution in [-0.4, -0.2) is 25.4 Å². The highest BCUT2D eigenvalue weighted by molar-refractivity contribution is 7.13. The Kier molecular flexibility index (Phi) is 3.84. The molecule has 7 heteroatoms. The maximum absolute atomic E-state index is 12.5. The predicted octanol–water partition coefficient (Wildman–Crippen LogP) is 4.23. The summed E-state index contributed by atoms with van der Waals surface area (Å²) in [6.45, 7) is 4.90. The molecule has 1 N–H and O–H groups in total. The van der Waals surface area contributed by atoms with Gasteiger partial charge in [0, 0.05) is 28.6 Å². The first-order chi connectivity index (χ1) is 13.5.